The van der Waals surface area contributed by atoms with Gasteiger partial charge in [0, 0.05) is 33.6 Å². The number of aliphatic hydroxyl groups is 21. The predicted octanol–water partition coefficient (Wildman–Crippen LogP) is -16.4. The molecule has 0 aliphatic carbocycles. The van der Waals surface area contributed by atoms with Crippen LogP contribution >= 0.6 is 0 Å². The summed E-state index contributed by atoms with van der Waals surface area (Å²) in [4.78, 5) is 65.5. The van der Waals surface area contributed by atoms with Gasteiger partial charge in [-0.25, -0.2) is 9.59 Å². The molecule has 566 valence electrons. The Morgan fingerprint density at radius 3 is 1.34 bits per heavy atom. The Bertz CT molecular complexity index is 2630. The van der Waals surface area contributed by atoms with Crippen LogP contribution in [-0.4, -0.2) is 413 Å². The summed E-state index contributed by atoms with van der Waals surface area (Å²) in [7, 11) is 0. The number of carbonyl (C=O) groups excluding carboxylic acids is 3. The van der Waals surface area contributed by atoms with Gasteiger partial charge in [-0.15, -0.1) is 0 Å². The zero-order chi connectivity index (χ0) is 73.1. The van der Waals surface area contributed by atoms with Crippen LogP contribution in [-0.2, 0) is 85.6 Å². The summed E-state index contributed by atoms with van der Waals surface area (Å²) in [6.07, 6.45) is -74.5. The molecule has 44 heteroatoms. The van der Waals surface area contributed by atoms with Crippen molar-refractivity contribution in [3.63, 3.8) is 0 Å². The van der Waals surface area contributed by atoms with Crippen molar-refractivity contribution in [2.24, 2.45) is 0 Å². The van der Waals surface area contributed by atoms with Gasteiger partial charge >= 0.3 is 11.9 Å². The normalized spacial score (nSPS) is 46.0. The van der Waals surface area contributed by atoms with E-state index in [0.717, 1.165) is 27.7 Å². The maximum atomic E-state index is 13.7. The van der Waals surface area contributed by atoms with Crippen molar-refractivity contribution in [2.45, 2.75) is 266 Å². The Kier molecular flexibility index (Phi) is 28.3. The van der Waals surface area contributed by atoms with Crippen molar-refractivity contribution in [3.05, 3.63) is 0 Å². The van der Waals surface area contributed by atoms with Gasteiger partial charge in [-0.2, -0.15) is 0 Å². The summed E-state index contributed by atoms with van der Waals surface area (Å²) < 4.78 is 76.8. The van der Waals surface area contributed by atoms with Crippen molar-refractivity contribution < 1.29 is 203 Å². The number of aliphatic hydroxyl groups excluding tert-OH is 21. The minimum absolute atomic E-state index is 0.824. The number of hydrogen-bond acceptors (Lipinski definition) is 39. The Morgan fingerprint density at radius 2 is 0.857 bits per heavy atom. The first-order chi connectivity index (χ1) is 45.9. The van der Waals surface area contributed by atoms with Crippen LogP contribution in [0.5, 0.6) is 0 Å². The maximum absolute atomic E-state index is 13.7. The molecule has 7 aliphatic rings. The lowest BCUT2D eigenvalue weighted by Gasteiger charge is -2.53. The van der Waals surface area contributed by atoms with E-state index < -0.39 is 308 Å². The molecule has 0 radical (unpaired) electrons. The topological polar surface area (TPSA) is 707 Å². The molecule has 7 aliphatic heterocycles. The number of hydrogen-bond donors (Lipinski definition) is 26. The average molecular weight is 1440 g/mol. The maximum Gasteiger partial charge on any atom is 0.364 e. The molecule has 1 unspecified atom stereocenters. The quantitative estimate of drug-likeness (QED) is 0.0363. The predicted molar refractivity (Wildman–Crippen MR) is 300 cm³/mol. The number of ether oxygens (including phenoxy) is 13. The lowest BCUT2D eigenvalue weighted by atomic mass is 9.88. The highest BCUT2D eigenvalue weighted by atomic mass is 16.8. The molecule has 7 saturated heterocycles. The number of carboxylic acid groups (broad SMARTS) is 2. The molecule has 37 atom stereocenters. The number of rotatable bonds is 27. The fourth-order valence-corrected chi connectivity index (χ4v) is 12.4. The second-order valence-electron chi connectivity index (χ2n) is 24.6. The highest BCUT2D eigenvalue weighted by Gasteiger charge is 2.64. The van der Waals surface area contributed by atoms with E-state index in [1.54, 1.807) is 0 Å². The van der Waals surface area contributed by atoms with Gasteiger partial charge in [0.15, 0.2) is 31.5 Å². The van der Waals surface area contributed by atoms with E-state index in [4.69, 9.17) is 61.6 Å². The van der Waals surface area contributed by atoms with Crippen LogP contribution in [0.2, 0.25) is 0 Å². The van der Waals surface area contributed by atoms with E-state index in [1.165, 1.54) is 0 Å². The van der Waals surface area contributed by atoms with Gasteiger partial charge in [0.25, 0.3) is 11.6 Å². The highest BCUT2D eigenvalue weighted by Crippen LogP contribution is 2.42. The van der Waals surface area contributed by atoms with Gasteiger partial charge in [-0.1, -0.05) is 0 Å². The zero-order valence-electron chi connectivity index (χ0n) is 52.5. The first kappa shape index (κ1) is 81.3. The van der Waals surface area contributed by atoms with Gasteiger partial charge < -0.3 is 195 Å². The molecule has 7 rings (SSSR count). The fourth-order valence-electron chi connectivity index (χ4n) is 12.4. The first-order valence-electron chi connectivity index (χ1n) is 30.7. The van der Waals surface area contributed by atoms with Crippen molar-refractivity contribution in [3.8, 4) is 0 Å². The van der Waals surface area contributed by atoms with Crippen LogP contribution < -0.4 is 16.0 Å². The van der Waals surface area contributed by atoms with Gasteiger partial charge in [0.2, 0.25) is 17.7 Å². The summed E-state index contributed by atoms with van der Waals surface area (Å²) in [6.45, 7) is -3.69. The number of amides is 3. The molecule has 0 aromatic rings. The average Bonchev–Trinajstić information content (AvgIpc) is 0.750. The molecule has 7 heterocycles. The molecule has 3 amide bonds. The molecular weight excluding hydrogens is 1350 g/mol. The Hall–Kier alpha value is -4.01. The minimum atomic E-state index is -3.42. The van der Waals surface area contributed by atoms with Crippen molar-refractivity contribution in [1.82, 2.24) is 16.0 Å². The second-order valence-corrected chi connectivity index (χ2v) is 24.6. The highest BCUT2D eigenvalue weighted by molar-refractivity contribution is 5.77. The van der Waals surface area contributed by atoms with Crippen molar-refractivity contribution in [1.29, 1.82) is 0 Å². The molecular formula is C54H89N3O41. The standard InChI is InChI=1S/C54H89N3O41/c1-13-28(70)33(75)36(78)48(87-13)93-40-24(12-86-53(51(82)83)5-17(66)25(55-14(2)63)41(96-53)29(71)19(68)7-58)91-47(95-44-31(73)21(9-60)89-49(37(44)79)92-39-23(11-62)88-46(81)35(77)34(39)76)27(57-16(4)65)43(40)94-50-38(80)45(32(74)22(10-61)90-50)98-54(52(84)85)6-18(67)26(56-15(3)64)42(97-54)30(72)20(69)8-59/h13,17-50,58-62,66-81H,5-12H2,1-4H3,(H,55,63)(H,56,64)(H,57,65)(H,82,83)(H,84,85)/t13-,17+,18+,19+,20+,21-,22-,23-,24-,25-,26-,27-,28+,29+,30+,31+,32+,33+,34-,35-,36-,37-,38-,39-,40-,41-,42-,43-,44+,45+,46?,47+,48-,49+,50+,53+,54-/m1/s1. The smallest absolute Gasteiger partial charge is 0.364 e. The lowest BCUT2D eigenvalue weighted by molar-refractivity contribution is -0.402. The molecule has 0 saturated carbocycles. The van der Waals surface area contributed by atoms with E-state index in [9.17, 15) is 141 Å². The summed E-state index contributed by atoms with van der Waals surface area (Å²) in [5.74, 6) is -14.1. The molecule has 7 fully saturated rings. The summed E-state index contributed by atoms with van der Waals surface area (Å²) in [5.41, 5.74) is 0. The third-order valence-corrected chi connectivity index (χ3v) is 17.7. The number of nitrogens with one attached hydrogen (secondary N) is 3. The van der Waals surface area contributed by atoms with Crippen LogP contribution in [0.4, 0.5) is 0 Å². The summed E-state index contributed by atoms with van der Waals surface area (Å²) in [6, 6.07) is -5.90. The molecule has 0 spiro atoms. The van der Waals surface area contributed by atoms with E-state index in [2.05, 4.69) is 16.0 Å². The van der Waals surface area contributed by atoms with Crippen LogP contribution in [0.25, 0.3) is 0 Å². The van der Waals surface area contributed by atoms with Gasteiger partial charge in [-0.05, 0) is 6.92 Å². The van der Waals surface area contributed by atoms with Crippen molar-refractivity contribution >= 4 is 29.7 Å². The Morgan fingerprint density at radius 1 is 0.439 bits per heavy atom. The Balaban J connectivity index is 1.39. The van der Waals surface area contributed by atoms with E-state index in [0.29, 0.717) is 0 Å². The van der Waals surface area contributed by atoms with Gasteiger partial charge in [0.05, 0.1) is 70.0 Å². The molecule has 26 N–H and O–H groups in total. The van der Waals surface area contributed by atoms with Crippen LogP contribution in [0.1, 0.15) is 40.5 Å². The summed E-state index contributed by atoms with van der Waals surface area (Å²) in [5, 5.41) is 259. The zero-order valence-corrected chi connectivity index (χ0v) is 52.5. The van der Waals surface area contributed by atoms with E-state index in [1.807, 2.05) is 0 Å². The second kappa shape index (κ2) is 34.1. The first-order valence-corrected chi connectivity index (χ1v) is 30.7. The molecule has 0 aromatic heterocycles. The third kappa shape index (κ3) is 17.4. The van der Waals surface area contributed by atoms with Crippen LogP contribution in [0.15, 0.2) is 0 Å². The van der Waals surface area contributed by atoms with Crippen LogP contribution in [0.3, 0.4) is 0 Å². The molecule has 44 nitrogen and oxygen atoms in total. The SMILES string of the molecule is CC(=O)N[C@H]1[C@H](O[C@H]2[C@@H](O)[C@@H](CO)O[C@@H](O[C@H]3[C@H](O)[C@@H](O)C(O)O[C@@H]3CO)[C@@H]2O)O[C@H](CO[C@@]2(C(=O)O)C[C@H](O)[C@@H](NC(C)=O)[C@H]([C@@H](O)[C@@H](O)CO)O2)[C@@H](O[C@H]2O[C@H](C)[C@H](O)[C@H](O)[C@H]2O)[C@@H]1O[C@@H]1O[C@H](CO)[C@H](O)[C@H](O[C@@]2(C(=O)O)C[C@H](O)[C@@H](NC(C)=O)[C@H]([C@@H](O)[C@@H](O)CO)O2)[C@H]1O. The molecule has 0 bridgehead atoms. The van der Waals surface area contributed by atoms with E-state index in [-0.39, 0.29) is 0 Å². The molecule has 98 heavy (non-hydrogen) atoms. The van der Waals surface area contributed by atoms with E-state index >= 15 is 0 Å². The number of aliphatic carboxylic acids is 2. The summed E-state index contributed by atoms with van der Waals surface area (Å²) >= 11 is 0. The largest absolute Gasteiger partial charge is 0.477 e. The fraction of sp³-hybridized carbons (Fsp3) is 0.907. The van der Waals surface area contributed by atoms with Crippen LogP contribution in [0, 0.1) is 0 Å². The number of carboxylic acids is 2. The molecule has 0 aromatic carbocycles. The monoisotopic (exact) mass is 1440 g/mol. The third-order valence-electron chi connectivity index (χ3n) is 17.7. The Labute approximate surface area is 553 Å². The minimum Gasteiger partial charge on any atom is -0.477 e. The lowest BCUT2D eigenvalue weighted by Crippen LogP contribution is -2.72. The number of carbonyl (C=O) groups is 5. The van der Waals surface area contributed by atoms with Crippen molar-refractivity contribution in [2.75, 3.05) is 39.6 Å². The van der Waals surface area contributed by atoms with Gasteiger partial charge in [-0.3, -0.25) is 14.4 Å². The van der Waals surface area contributed by atoms with Gasteiger partial charge in [0.1, 0.15) is 153 Å².